The summed E-state index contributed by atoms with van der Waals surface area (Å²) in [7, 11) is -1.27. The Hall–Kier alpha value is -2.35. The van der Waals surface area contributed by atoms with Gasteiger partial charge >= 0.3 is 5.97 Å². The number of fused-ring (bicyclic) bond motifs is 1. The number of carbonyl (C=O) groups excluding carboxylic acids is 2. The molecule has 1 saturated heterocycles. The molecule has 1 atom stereocenters. The molecule has 0 bridgehead atoms. The first-order chi connectivity index (χ1) is 13.2. The van der Waals surface area contributed by atoms with Crippen LogP contribution in [0.3, 0.4) is 0 Å². The number of rotatable bonds is 6. The number of aromatic nitrogens is 1. The third-order valence-electron chi connectivity index (χ3n) is 4.97. The Morgan fingerprint density at radius 3 is 2.64 bits per heavy atom. The van der Waals surface area contributed by atoms with E-state index >= 15 is 0 Å². The summed E-state index contributed by atoms with van der Waals surface area (Å²) in [6.07, 6.45) is 2.12. The molecular formula is C20H26N2O5S. The summed E-state index contributed by atoms with van der Waals surface area (Å²) in [5, 5.41) is 0.767. The molecule has 1 amide bonds. The number of para-hydroxylation sites is 1. The van der Waals surface area contributed by atoms with Crippen LogP contribution in [0.1, 0.15) is 30.6 Å². The van der Waals surface area contributed by atoms with E-state index in [-0.39, 0.29) is 29.4 Å². The van der Waals surface area contributed by atoms with Crippen LogP contribution in [0.4, 0.5) is 0 Å². The number of sulfone groups is 1. The molecule has 0 saturated carbocycles. The fourth-order valence-corrected chi connectivity index (χ4v) is 5.39. The zero-order valence-corrected chi connectivity index (χ0v) is 17.2. The van der Waals surface area contributed by atoms with Crippen molar-refractivity contribution in [3.63, 3.8) is 0 Å². The minimum atomic E-state index is -3.11. The van der Waals surface area contributed by atoms with Gasteiger partial charge in [-0.3, -0.25) is 4.79 Å². The van der Waals surface area contributed by atoms with Crippen LogP contribution < -0.4 is 0 Å². The van der Waals surface area contributed by atoms with Crippen LogP contribution >= 0.6 is 0 Å². The lowest BCUT2D eigenvalue weighted by Gasteiger charge is -2.29. The highest BCUT2D eigenvalue weighted by Gasteiger charge is 2.35. The van der Waals surface area contributed by atoms with Crippen molar-refractivity contribution in [3.8, 4) is 0 Å². The summed E-state index contributed by atoms with van der Waals surface area (Å²) in [5.41, 5.74) is 1.31. The number of aryl methyl sites for hydroxylation is 1. The quantitative estimate of drug-likeness (QED) is 0.685. The molecule has 1 aliphatic heterocycles. The minimum Gasteiger partial charge on any atom is -0.452 e. The Kier molecular flexibility index (Phi) is 5.79. The van der Waals surface area contributed by atoms with Crippen molar-refractivity contribution in [2.75, 3.05) is 24.7 Å². The van der Waals surface area contributed by atoms with Crippen LogP contribution in [-0.4, -0.2) is 60.5 Å². The predicted octanol–water partition coefficient (Wildman–Crippen LogP) is 2.01. The Bertz CT molecular complexity index is 993. The monoisotopic (exact) mass is 406 g/mol. The summed E-state index contributed by atoms with van der Waals surface area (Å²) < 4.78 is 30.7. The molecular weight excluding hydrogens is 380 g/mol. The molecule has 1 aromatic carbocycles. The van der Waals surface area contributed by atoms with Crippen molar-refractivity contribution >= 4 is 32.6 Å². The van der Waals surface area contributed by atoms with E-state index < -0.39 is 22.4 Å². The average molecular weight is 407 g/mol. The lowest BCUT2D eigenvalue weighted by molar-refractivity contribution is -0.137. The average Bonchev–Trinajstić information content (AvgIpc) is 3.17. The first kappa shape index (κ1) is 20.4. The van der Waals surface area contributed by atoms with Crippen molar-refractivity contribution < 1.29 is 22.7 Å². The summed E-state index contributed by atoms with van der Waals surface area (Å²) >= 11 is 0. The molecule has 0 spiro atoms. The maximum Gasteiger partial charge on any atom is 0.340 e. The van der Waals surface area contributed by atoms with E-state index in [1.807, 2.05) is 49.7 Å². The van der Waals surface area contributed by atoms with Gasteiger partial charge in [0.2, 0.25) is 0 Å². The van der Waals surface area contributed by atoms with Gasteiger partial charge in [-0.05, 0) is 18.4 Å². The Morgan fingerprint density at radius 1 is 1.29 bits per heavy atom. The molecule has 152 valence electrons. The highest BCUT2D eigenvalue weighted by atomic mass is 32.2. The Morgan fingerprint density at radius 2 is 2.00 bits per heavy atom. The van der Waals surface area contributed by atoms with Crippen LogP contribution in [0.5, 0.6) is 0 Å². The van der Waals surface area contributed by atoms with E-state index in [0.717, 1.165) is 10.9 Å². The van der Waals surface area contributed by atoms with Crippen molar-refractivity contribution in [1.29, 1.82) is 0 Å². The highest BCUT2D eigenvalue weighted by Crippen LogP contribution is 2.22. The minimum absolute atomic E-state index is 0.0251. The van der Waals surface area contributed by atoms with E-state index in [1.54, 1.807) is 11.1 Å². The molecule has 0 N–H and O–H groups in total. The van der Waals surface area contributed by atoms with Gasteiger partial charge < -0.3 is 14.2 Å². The van der Waals surface area contributed by atoms with Gasteiger partial charge in [0, 0.05) is 36.7 Å². The molecule has 1 aromatic heterocycles. The smallest absolute Gasteiger partial charge is 0.340 e. The topological polar surface area (TPSA) is 85.7 Å². The van der Waals surface area contributed by atoms with E-state index in [2.05, 4.69) is 0 Å². The third kappa shape index (κ3) is 4.38. The van der Waals surface area contributed by atoms with E-state index in [0.29, 0.717) is 18.5 Å². The number of esters is 1. The fourth-order valence-electron chi connectivity index (χ4n) is 3.66. The van der Waals surface area contributed by atoms with Crippen molar-refractivity contribution in [1.82, 2.24) is 9.47 Å². The van der Waals surface area contributed by atoms with Crippen molar-refractivity contribution in [2.24, 2.45) is 13.0 Å². The number of ether oxygens (including phenoxy) is 1. The van der Waals surface area contributed by atoms with Gasteiger partial charge in [-0.25, -0.2) is 13.2 Å². The van der Waals surface area contributed by atoms with Gasteiger partial charge in [0.15, 0.2) is 16.4 Å². The molecule has 28 heavy (non-hydrogen) atoms. The second kappa shape index (κ2) is 7.95. The standard InChI is InChI=1S/C20H26N2O5S/c1-14(2)10-22(15-8-9-28(25,26)13-15)19(23)12-27-20(24)17-11-21(3)18-7-5-4-6-16(17)18/h4-7,11,14-15H,8-10,12-13H2,1-3H3/t15-/m1/s1. The van der Waals surface area contributed by atoms with Crippen LogP contribution in [0.2, 0.25) is 0 Å². The van der Waals surface area contributed by atoms with Crippen LogP contribution in [-0.2, 0) is 26.4 Å². The second-order valence-electron chi connectivity index (χ2n) is 7.74. The molecule has 2 aromatic rings. The Labute approximate surface area is 165 Å². The molecule has 3 rings (SSSR count). The lowest BCUT2D eigenvalue weighted by atomic mass is 10.1. The molecule has 7 nitrogen and oxygen atoms in total. The zero-order chi connectivity index (χ0) is 20.5. The predicted molar refractivity (Wildman–Crippen MR) is 107 cm³/mol. The fraction of sp³-hybridized carbons (Fsp3) is 0.500. The van der Waals surface area contributed by atoms with Gasteiger partial charge in [0.1, 0.15) is 0 Å². The molecule has 2 heterocycles. The third-order valence-corrected chi connectivity index (χ3v) is 6.73. The molecule has 8 heteroatoms. The van der Waals surface area contributed by atoms with Crippen LogP contribution in [0.15, 0.2) is 30.5 Å². The Balaban J connectivity index is 1.70. The maximum absolute atomic E-state index is 12.7. The zero-order valence-electron chi connectivity index (χ0n) is 16.4. The number of amides is 1. The number of carbonyl (C=O) groups is 2. The number of nitrogens with zero attached hydrogens (tertiary/aromatic N) is 2. The summed E-state index contributed by atoms with van der Waals surface area (Å²) in [4.78, 5) is 26.8. The summed E-state index contributed by atoms with van der Waals surface area (Å²) in [6.45, 7) is 3.97. The van der Waals surface area contributed by atoms with E-state index in [4.69, 9.17) is 4.74 Å². The van der Waals surface area contributed by atoms with Gasteiger partial charge in [-0.15, -0.1) is 0 Å². The molecule has 0 radical (unpaired) electrons. The van der Waals surface area contributed by atoms with Gasteiger partial charge in [0.25, 0.3) is 5.91 Å². The van der Waals surface area contributed by atoms with Crippen molar-refractivity contribution in [3.05, 3.63) is 36.0 Å². The number of benzene rings is 1. The summed E-state index contributed by atoms with van der Waals surface area (Å²) in [5.74, 6) is -0.669. The van der Waals surface area contributed by atoms with Crippen LogP contribution in [0, 0.1) is 5.92 Å². The molecule has 0 unspecified atom stereocenters. The van der Waals surface area contributed by atoms with Gasteiger partial charge in [0.05, 0.1) is 17.1 Å². The second-order valence-corrected chi connectivity index (χ2v) is 9.97. The first-order valence-electron chi connectivity index (χ1n) is 9.39. The SMILES string of the molecule is CC(C)CN(C(=O)COC(=O)c1cn(C)c2ccccc12)[C@@H]1CCS(=O)(=O)C1. The van der Waals surface area contributed by atoms with Crippen LogP contribution in [0.25, 0.3) is 10.9 Å². The van der Waals surface area contributed by atoms with Gasteiger partial charge in [-0.1, -0.05) is 32.0 Å². The largest absolute Gasteiger partial charge is 0.452 e. The van der Waals surface area contributed by atoms with Gasteiger partial charge in [-0.2, -0.15) is 0 Å². The van der Waals surface area contributed by atoms with Crippen molar-refractivity contribution in [2.45, 2.75) is 26.3 Å². The lowest BCUT2D eigenvalue weighted by Crippen LogP contribution is -2.45. The summed E-state index contributed by atoms with van der Waals surface area (Å²) in [6, 6.07) is 7.12. The van der Waals surface area contributed by atoms with E-state index in [1.165, 1.54) is 0 Å². The number of hydrogen-bond acceptors (Lipinski definition) is 5. The molecule has 1 aliphatic rings. The normalized spacial score (nSPS) is 18.5. The molecule has 0 aliphatic carbocycles. The molecule has 1 fully saturated rings. The van der Waals surface area contributed by atoms with E-state index in [9.17, 15) is 18.0 Å². The first-order valence-corrected chi connectivity index (χ1v) is 11.2. The highest BCUT2D eigenvalue weighted by molar-refractivity contribution is 7.91. The number of hydrogen-bond donors (Lipinski definition) is 0. The maximum atomic E-state index is 12.7.